The Morgan fingerprint density at radius 2 is 2.16 bits per heavy atom. The Morgan fingerprint density at radius 1 is 1.28 bits per heavy atom. The van der Waals surface area contributed by atoms with E-state index in [1.807, 2.05) is 29.6 Å². The van der Waals surface area contributed by atoms with Crippen molar-refractivity contribution in [1.29, 1.82) is 0 Å². The lowest BCUT2D eigenvalue weighted by Gasteiger charge is -2.08. The molecule has 128 valence electrons. The number of hydrogen-bond donors (Lipinski definition) is 1. The van der Waals surface area contributed by atoms with Crippen molar-refractivity contribution in [1.82, 2.24) is 20.3 Å². The highest BCUT2D eigenvalue weighted by Gasteiger charge is 2.09. The molecule has 1 amide bonds. The zero-order chi connectivity index (χ0) is 17.5. The van der Waals surface area contributed by atoms with Crippen molar-refractivity contribution in [2.45, 2.75) is 12.8 Å². The van der Waals surface area contributed by atoms with Crippen LogP contribution >= 0.6 is 11.3 Å². The number of amides is 1. The van der Waals surface area contributed by atoms with E-state index in [1.165, 1.54) is 11.3 Å². The molecule has 0 unspecified atom stereocenters. The average molecular weight is 354 g/mol. The number of para-hydroxylation sites is 1. The van der Waals surface area contributed by atoms with Gasteiger partial charge in [0.1, 0.15) is 16.5 Å². The fourth-order valence-corrected chi connectivity index (χ4v) is 3.18. The molecule has 6 nitrogen and oxygen atoms in total. The molecule has 1 aromatic carbocycles. The monoisotopic (exact) mass is 354 g/mol. The van der Waals surface area contributed by atoms with Crippen molar-refractivity contribution >= 4 is 17.2 Å². The highest BCUT2D eigenvalue weighted by Crippen LogP contribution is 2.21. The van der Waals surface area contributed by atoms with Gasteiger partial charge >= 0.3 is 0 Å². The molecule has 1 N–H and O–H groups in total. The predicted molar refractivity (Wildman–Crippen MR) is 96.6 cm³/mol. The first-order chi connectivity index (χ1) is 12.3. The lowest BCUT2D eigenvalue weighted by atomic mass is 10.1. The summed E-state index contributed by atoms with van der Waals surface area (Å²) >= 11 is 1.53. The third kappa shape index (κ3) is 4.60. The van der Waals surface area contributed by atoms with Crippen LogP contribution in [0.25, 0.3) is 10.7 Å². The van der Waals surface area contributed by atoms with Crippen LogP contribution in [0.5, 0.6) is 5.75 Å². The Balaban J connectivity index is 1.50. The molecule has 7 heteroatoms. The molecule has 0 radical (unpaired) electrons. The normalized spacial score (nSPS) is 10.4. The number of rotatable bonds is 7. The van der Waals surface area contributed by atoms with Gasteiger partial charge < -0.3 is 10.1 Å². The molecule has 0 saturated heterocycles. The van der Waals surface area contributed by atoms with Gasteiger partial charge in [-0.2, -0.15) is 0 Å². The fraction of sp³-hybridized carbons (Fsp3) is 0.222. The molecule has 2 aromatic heterocycles. The Morgan fingerprint density at radius 3 is 2.96 bits per heavy atom. The van der Waals surface area contributed by atoms with Gasteiger partial charge in [-0.1, -0.05) is 18.2 Å². The fourth-order valence-electron chi connectivity index (χ4n) is 2.36. The number of thiazole rings is 1. The van der Waals surface area contributed by atoms with E-state index in [0.717, 1.165) is 27.7 Å². The summed E-state index contributed by atoms with van der Waals surface area (Å²) in [6.45, 7) is 0.539. The maximum atomic E-state index is 12.1. The first-order valence-corrected chi connectivity index (χ1v) is 8.73. The predicted octanol–water partition coefficient (Wildman–Crippen LogP) is 2.51. The Labute approximate surface area is 149 Å². The average Bonchev–Trinajstić information content (AvgIpc) is 3.12. The Hall–Kier alpha value is -2.80. The minimum absolute atomic E-state index is 0.0334. The summed E-state index contributed by atoms with van der Waals surface area (Å²) in [5.41, 5.74) is 2.57. The molecule has 0 bridgehead atoms. The van der Waals surface area contributed by atoms with Crippen LogP contribution in [0.15, 0.2) is 48.2 Å². The molecule has 0 atom stereocenters. The molecule has 0 aliphatic carbocycles. The maximum absolute atomic E-state index is 12.1. The van der Waals surface area contributed by atoms with E-state index >= 15 is 0 Å². The van der Waals surface area contributed by atoms with Gasteiger partial charge in [0, 0.05) is 36.3 Å². The van der Waals surface area contributed by atoms with E-state index in [9.17, 15) is 4.79 Å². The van der Waals surface area contributed by atoms with E-state index in [-0.39, 0.29) is 5.91 Å². The van der Waals surface area contributed by atoms with Crippen molar-refractivity contribution in [3.8, 4) is 16.5 Å². The standard InChI is InChI=1S/C18H18N4O2S/c1-24-16-5-3-2-4-13(16)10-17(23)21-7-6-14-12-25-18(22-14)15-11-19-8-9-20-15/h2-5,8-9,11-12H,6-7,10H2,1H3,(H,21,23). The van der Waals surface area contributed by atoms with E-state index < -0.39 is 0 Å². The number of hydrogen-bond acceptors (Lipinski definition) is 6. The van der Waals surface area contributed by atoms with E-state index in [0.29, 0.717) is 19.4 Å². The van der Waals surface area contributed by atoms with Crippen molar-refractivity contribution in [2.24, 2.45) is 0 Å². The minimum atomic E-state index is -0.0334. The van der Waals surface area contributed by atoms with Gasteiger partial charge in [-0.25, -0.2) is 4.98 Å². The molecular weight excluding hydrogens is 336 g/mol. The third-order valence-electron chi connectivity index (χ3n) is 3.58. The number of methoxy groups -OCH3 is 1. The summed E-state index contributed by atoms with van der Waals surface area (Å²) in [5.74, 6) is 0.694. The molecule has 0 fully saturated rings. The number of carbonyl (C=O) groups excluding carboxylic acids is 1. The number of aromatic nitrogens is 3. The Kier molecular flexibility index (Phi) is 5.69. The summed E-state index contributed by atoms with van der Waals surface area (Å²) in [6, 6.07) is 7.53. The van der Waals surface area contributed by atoms with Crippen LogP contribution in [-0.4, -0.2) is 34.5 Å². The zero-order valence-electron chi connectivity index (χ0n) is 13.8. The van der Waals surface area contributed by atoms with Crippen LogP contribution in [0.2, 0.25) is 0 Å². The van der Waals surface area contributed by atoms with E-state index in [1.54, 1.807) is 25.7 Å². The zero-order valence-corrected chi connectivity index (χ0v) is 14.6. The lowest BCUT2D eigenvalue weighted by molar-refractivity contribution is -0.120. The first kappa shape index (κ1) is 17.0. The number of nitrogens with one attached hydrogen (secondary N) is 1. The largest absolute Gasteiger partial charge is 0.496 e. The SMILES string of the molecule is COc1ccccc1CC(=O)NCCc1csc(-c2cnccn2)n1. The van der Waals surface area contributed by atoms with Crippen LogP contribution in [0, 0.1) is 0 Å². The molecule has 0 aliphatic rings. The minimum Gasteiger partial charge on any atom is -0.496 e. The second-order valence-electron chi connectivity index (χ2n) is 5.32. The van der Waals surface area contributed by atoms with Crippen LogP contribution < -0.4 is 10.1 Å². The molecule has 0 spiro atoms. The second-order valence-corrected chi connectivity index (χ2v) is 6.18. The van der Waals surface area contributed by atoms with Gasteiger partial charge in [-0.3, -0.25) is 14.8 Å². The maximum Gasteiger partial charge on any atom is 0.224 e. The topological polar surface area (TPSA) is 77.0 Å². The molecule has 3 rings (SSSR count). The van der Waals surface area contributed by atoms with Gasteiger partial charge in [0.15, 0.2) is 0 Å². The number of ether oxygens (including phenoxy) is 1. The molecular formula is C18H18N4O2S. The van der Waals surface area contributed by atoms with Gasteiger partial charge in [-0.05, 0) is 6.07 Å². The molecule has 3 aromatic rings. The summed E-state index contributed by atoms with van der Waals surface area (Å²) in [6.07, 6.45) is 5.95. The second kappa shape index (κ2) is 8.34. The number of nitrogens with zero attached hydrogens (tertiary/aromatic N) is 3. The summed E-state index contributed by atoms with van der Waals surface area (Å²) in [4.78, 5) is 24.9. The summed E-state index contributed by atoms with van der Waals surface area (Å²) in [5, 5.41) is 5.74. The third-order valence-corrected chi connectivity index (χ3v) is 4.49. The molecule has 2 heterocycles. The number of carbonyl (C=O) groups is 1. The van der Waals surface area contributed by atoms with Gasteiger partial charge in [0.2, 0.25) is 5.91 Å². The summed E-state index contributed by atoms with van der Waals surface area (Å²) in [7, 11) is 1.60. The van der Waals surface area contributed by atoms with Crippen LogP contribution in [0.4, 0.5) is 0 Å². The van der Waals surface area contributed by atoms with Crippen molar-refractivity contribution in [3.63, 3.8) is 0 Å². The summed E-state index contributed by atoms with van der Waals surface area (Å²) < 4.78 is 5.27. The Bertz CT molecular complexity index is 836. The molecule has 25 heavy (non-hydrogen) atoms. The van der Waals surface area contributed by atoms with Crippen molar-refractivity contribution in [2.75, 3.05) is 13.7 Å². The highest BCUT2D eigenvalue weighted by molar-refractivity contribution is 7.13. The molecule has 0 aliphatic heterocycles. The quantitative estimate of drug-likeness (QED) is 0.705. The van der Waals surface area contributed by atoms with Crippen LogP contribution in [0.1, 0.15) is 11.3 Å². The van der Waals surface area contributed by atoms with Crippen LogP contribution in [0.3, 0.4) is 0 Å². The first-order valence-electron chi connectivity index (χ1n) is 7.85. The van der Waals surface area contributed by atoms with Crippen molar-refractivity contribution in [3.05, 3.63) is 59.5 Å². The van der Waals surface area contributed by atoms with Gasteiger partial charge in [0.05, 0.1) is 25.4 Å². The van der Waals surface area contributed by atoms with Gasteiger partial charge in [-0.15, -0.1) is 11.3 Å². The molecule has 0 saturated carbocycles. The highest BCUT2D eigenvalue weighted by atomic mass is 32.1. The smallest absolute Gasteiger partial charge is 0.224 e. The number of benzene rings is 1. The lowest BCUT2D eigenvalue weighted by Crippen LogP contribution is -2.27. The van der Waals surface area contributed by atoms with Gasteiger partial charge in [0.25, 0.3) is 0 Å². The van der Waals surface area contributed by atoms with Crippen molar-refractivity contribution < 1.29 is 9.53 Å². The van der Waals surface area contributed by atoms with E-state index in [4.69, 9.17) is 4.74 Å². The van der Waals surface area contributed by atoms with E-state index in [2.05, 4.69) is 20.3 Å². The van der Waals surface area contributed by atoms with Crippen LogP contribution in [-0.2, 0) is 17.6 Å².